The molecule has 2 aromatic carbocycles. The van der Waals surface area contributed by atoms with Crippen molar-refractivity contribution in [1.82, 2.24) is 0 Å². The van der Waals surface area contributed by atoms with Crippen LogP contribution in [-0.4, -0.2) is 55.1 Å². The van der Waals surface area contributed by atoms with Gasteiger partial charge in [0.1, 0.15) is 0 Å². The fraction of sp³-hybridized carbons (Fsp3) is 0.222. The molecule has 0 saturated carbocycles. The summed E-state index contributed by atoms with van der Waals surface area (Å²) in [4.78, 5) is 23.3. The van der Waals surface area contributed by atoms with Crippen molar-refractivity contribution in [2.24, 2.45) is 0 Å². The fourth-order valence-corrected chi connectivity index (χ4v) is 4.72. The Bertz CT molecular complexity index is 574. The van der Waals surface area contributed by atoms with Crippen molar-refractivity contribution in [3.8, 4) is 0 Å². The molecule has 0 aromatic heterocycles. The summed E-state index contributed by atoms with van der Waals surface area (Å²) in [5.74, 6) is -0.494. The van der Waals surface area contributed by atoms with Crippen LogP contribution in [0, 0.1) is 0 Å². The molecule has 126 valence electrons. The summed E-state index contributed by atoms with van der Waals surface area (Å²) in [6, 6.07) is 19.7. The number of carbonyl (C=O) groups excluding carboxylic acids is 2. The molecule has 0 spiro atoms. The predicted molar refractivity (Wildman–Crippen MR) is 95.2 cm³/mol. The molecular formula is C18H18O4Se2. The third kappa shape index (κ3) is 7.80. The van der Waals surface area contributed by atoms with E-state index in [4.69, 9.17) is 9.47 Å². The maximum absolute atomic E-state index is 11.6. The van der Waals surface area contributed by atoms with Crippen LogP contribution in [-0.2, 0) is 19.1 Å². The van der Waals surface area contributed by atoms with Gasteiger partial charge in [0.25, 0.3) is 0 Å². The summed E-state index contributed by atoms with van der Waals surface area (Å²) in [6.45, 7) is 0.238. The van der Waals surface area contributed by atoms with Crippen LogP contribution < -0.4 is 8.92 Å². The molecule has 0 atom stereocenters. The average Bonchev–Trinajstić information content (AvgIpc) is 2.63. The van der Waals surface area contributed by atoms with Gasteiger partial charge in [-0.1, -0.05) is 0 Å². The molecule has 2 rings (SSSR count). The SMILES string of the molecule is O=C(C[Se]c1ccccc1)OCCOC(=O)C[Se]c1ccccc1. The molecule has 0 radical (unpaired) electrons. The molecule has 24 heavy (non-hydrogen) atoms. The second kappa shape index (κ2) is 11.1. The molecule has 0 aliphatic rings. The number of carbonyl (C=O) groups is 2. The van der Waals surface area contributed by atoms with Crippen molar-refractivity contribution in [3.05, 3.63) is 60.7 Å². The summed E-state index contributed by atoms with van der Waals surface area (Å²) < 4.78 is 12.5. The van der Waals surface area contributed by atoms with E-state index < -0.39 is 0 Å². The Hall–Kier alpha value is -1.58. The number of hydrogen-bond acceptors (Lipinski definition) is 4. The van der Waals surface area contributed by atoms with Gasteiger partial charge < -0.3 is 0 Å². The number of esters is 2. The Balaban J connectivity index is 1.52. The van der Waals surface area contributed by atoms with Crippen LogP contribution >= 0.6 is 0 Å². The average molecular weight is 456 g/mol. The van der Waals surface area contributed by atoms with Crippen molar-refractivity contribution < 1.29 is 19.1 Å². The van der Waals surface area contributed by atoms with Gasteiger partial charge in [-0.25, -0.2) is 0 Å². The maximum atomic E-state index is 11.6. The van der Waals surface area contributed by atoms with Gasteiger partial charge in [0.15, 0.2) is 0 Å². The van der Waals surface area contributed by atoms with Gasteiger partial charge in [-0.15, -0.1) is 0 Å². The summed E-state index contributed by atoms with van der Waals surface area (Å²) in [7, 11) is 0. The van der Waals surface area contributed by atoms with Crippen molar-refractivity contribution in [3.63, 3.8) is 0 Å². The first-order chi connectivity index (χ1) is 11.7. The van der Waals surface area contributed by atoms with E-state index in [-0.39, 0.29) is 55.1 Å². The molecule has 0 N–H and O–H groups in total. The topological polar surface area (TPSA) is 52.6 Å². The molecule has 0 aliphatic heterocycles. The van der Waals surface area contributed by atoms with E-state index in [2.05, 4.69) is 0 Å². The van der Waals surface area contributed by atoms with Gasteiger partial charge in [0.05, 0.1) is 0 Å². The number of benzene rings is 2. The summed E-state index contributed by atoms with van der Waals surface area (Å²) in [5, 5.41) is 0.782. The molecule has 0 unspecified atom stereocenters. The van der Waals surface area contributed by atoms with Crippen LogP contribution in [0.5, 0.6) is 0 Å². The molecule has 6 heteroatoms. The third-order valence-electron chi connectivity index (χ3n) is 2.81. The van der Waals surface area contributed by atoms with Crippen LogP contribution in [0.2, 0.25) is 10.6 Å². The first-order valence-electron chi connectivity index (χ1n) is 7.41. The van der Waals surface area contributed by atoms with Crippen molar-refractivity contribution in [1.29, 1.82) is 0 Å². The van der Waals surface area contributed by atoms with E-state index in [1.807, 2.05) is 60.7 Å². The van der Waals surface area contributed by atoms with Gasteiger partial charge in [-0.3, -0.25) is 0 Å². The van der Waals surface area contributed by atoms with Crippen molar-refractivity contribution in [2.75, 3.05) is 13.2 Å². The summed E-state index contributed by atoms with van der Waals surface area (Å²) in [6.07, 6.45) is 0. The van der Waals surface area contributed by atoms with Crippen LogP contribution in [0.1, 0.15) is 0 Å². The Morgan fingerprint density at radius 3 is 1.42 bits per heavy atom. The molecule has 4 nitrogen and oxygen atoms in total. The second-order valence-electron chi connectivity index (χ2n) is 4.64. The third-order valence-corrected chi connectivity index (χ3v) is 6.94. The zero-order chi connectivity index (χ0) is 17.0. The Kier molecular flexibility index (Phi) is 8.64. The molecule has 0 aliphatic carbocycles. The quantitative estimate of drug-likeness (QED) is 0.321. The molecule has 0 saturated heterocycles. The van der Waals surface area contributed by atoms with Gasteiger partial charge in [-0.05, 0) is 0 Å². The number of rotatable bonds is 9. The second-order valence-corrected chi connectivity index (χ2v) is 9.05. The molecule has 0 amide bonds. The monoisotopic (exact) mass is 458 g/mol. The van der Waals surface area contributed by atoms with Crippen LogP contribution in [0.15, 0.2) is 60.7 Å². The van der Waals surface area contributed by atoms with Gasteiger partial charge >= 0.3 is 154 Å². The van der Waals surface area contributed by atoms with E-state index >= 15 is 0 Å². The summed E-state index contributed by atoms with van der Waals surface area (Å²) in [5.41, 5.74) is 0. The Morgan fingerprint density at radius 1 is 0.667 bits per heavy atom. The molecular weight excluding hydrogens is 438 g/mol. The van der Waals surface area contributed by atoms with Crippen LogP contribution in [0.4, 0.5) is 0 Å². The van der Waals surface area contributed by atoms with E-state index in [1.54, 1.807) is 0 Å². The fourth-order valence-electron chi connectivity index (χ4n) is 1.71. The molecule has 0 bridgehead atoms. The van der Waals surface area contributed by atoms with Gasteiger partial charge in [0, 0.05) is 0 Å². The van der Waals surface area contributed by atoms with E-state index in [9.17, 15) is 9.59 Å². The Morgan fingerprint density at radius 2 is 1.04 bits per heavy atom. The van der Waals surface area contributed by atoms with Crippen molar-refractivity contribution >= 4 is 50.8 Å². The summed E-state index contributed by atoms with van der Waals surface area (Å²) >= 11 is 0.153. The number of ether oxygens (including phenoxy) is 2. The van der Waals surface area contributed by atoms with E-state index in [0.717, 1.165) is 8.92 Å². The van der Waals surface area contributed by atoms with E-state index in [1.165, 1.54) is 0 Å². The van der Waals surface area contributed by atoms with Gasteiger partial charge in [0.2, 0.25) is 0 Å². The molecule has 0 heterocycles. The predicted octanol–water partition coefficient (Wildman–Crippen LogP) is 0.969. The van der Waals surface area contributed by atoms with Gasteiger partial charge in [-0.2, -0.15) is 0 Å². The Labute approximate surface area is 154 Å². The van der Waals surface area contributed by atoms with Crippen LogP contribution in [0.3, 0.4) is 0 Å². The molecule has 0 fully saturated rings. The van der Waals surface area contributed by atoms with Crippen LogP contribution in [0.25, 0.3) is 0 Å². The van der Waals surface area contributed by atoms with E-state index in [0.29, 0.717) is 10.6 Å². The first kappa shape index (κ1) is 18.8. The standard InChI is InChI=1S/C18H18O4Se2/c19-17(13-23-15-7-3-1-4-8-15)21-11-12-22-18(20)14-24-16-9-5-2-6-10-16/h1-10H,11-14H2. The van der Waals surface area contributed by atoms with Crippen molar-refractivity contribution in [2.45, 2.75) is 10.6 Å². The minimum atomic E-state index is -0.247. The molecule has 2 aromatic rings. The normalized spacial score (nSPS) is 10.2. The zero-order valence-electron chi connectivity index (χ0n) is 13.1. The minimum absolute atomic E-state index is 0.0766. The first-order valence-corrected chi connectivity index (χ1v) is 11.5. The number of hydrogen-bond donors (Lipinski definition) is 0. The zero-order valence-corrected chi connectivity index (χ0v) is 16.5.